The number of H-pyrrole nitrogens is 1. The summed E-state index contributed by atoms with van der Waals surface area (Å²) in [5.74, 6) is 0.213. The highest BCUT2D eigenvalue weighted by atomic mass is 32.2. The van der Waals surface area contributed by atoms with Crippen LogP contribution in [0, 0.1) is 24.0 Å². The summed E-state index contributed by atoms with van der Waals surface area (Å²) < 4.78 is 35.9. The maximum atomic E-state index is 15.7. The number of nitrogens with one attached hydrogen (secondary N) is 3. The second-order valence-corrected chi connectivity index (χ2v) is 17.1. The van der Waals surface area contributed by atoms with Crippen molar-refractivity contribution in [2.24, 2.45) is 5.41 Å². The number of anilines is 1. The first kappa shape index (κ1) is 40.6. The molecule has 1 aliphatic heterocycles. The lowest BCUT2D eigenvalue weighted by Crippen LogP contribution is -2.61. The molecule has 1 unspecified atom stereocenters. The number of amides is 4. The Morgan fingerprint density at radius 3 is 2.57 bits per heavy atom. The molecule has 2 aliphatic rings. The molecule has 1 aliphatic carbocycles. The quantitative estimate of drug-likeness (QED) is 0.0980. The van der Waals surface area contributed by atoms with Gasteiger partial charge in [0.2, 0.25) is 12.2 Å². The highest BCUT2D eigenvalue weighted by Gasteiger charge is 2.53. The molecule has 1 saturated heterocycles. The fourth-order valence-electron chi connectivity index (χ4n) is 7.80. The molecule has 0 radical (unpaired) electrons. The third-order valence-electron chi connectivity index (χ3n) is 11.3. The number of halogens is 2. The number of aryl methyl sites for hydroxylation is 1. The van der Waals surface area contributed by atoms with Gasteiger partial charge in [-0.05, 0) is 93.9 Å². The molecule has 14 nitrogen and oxygen atoms in total. The van der Waals surface area contributed by atoms with Crippen LogP contribution < -0.4 is 15.5 Å². The van der Waals surface area contributed by atoms with E-state index in [2.05, 4.69) is 52.8 Å². The molecule has 58 heavy (non-hydrogen) atoms. The van der Waals surface area contributed by atoms with Crippen molar-refractivity contribution in [2.75, 3.05) is 30.8 Å². The van der Waals surface area contributed by atoms with Gasteiger partial charge in [-0.2, -0.15) is 16.9 Å². The van der Waals surface area contributed by atoms with Crippen molar-refractivity contribution in [1.82, 2.24) is 45.8 Å². The van der Waals surface area contributed by atoms with Gasteiger partial charge in [-0.1, -0.05) is 30.3 Å². The molecule has 17 heteroatoms. The summed E-state index contributed by atoms with van der Waals surface area (Å²) >= 11 is 1.62. The fourth-order valence-corrected chi connectivity index (χ4v) is 8.07. The summed E-state index contributed by atoms with van der Waals surface area (Å²) in [7, 11) is 0. The average molecular weight is 813 g/mol. The van der Waals surface area contributed by atoms with E-state index in [1.54, 1.807) is 43.1 Å². The summed E-state index contributed by atoms with van der Waals surface area (Å²) in [5.41, 5.74) is 3.75. The van der Waals surface area contributed by atoms with Crippen molar-refractivity contribution in [3.63, 3.8) is 0 Å². The number of likely N-dealkylation sites (tertiary alicyclic amines) is 1. The minimum absolute atomic E-state index is 0.00850. The normalized spacial score (nSPS) is 15.7. The van der Waals surface area contributed by atoms with Crippen LogP contribution in [0.1, 0.15) is 97.9 Å². The van der Waals surface area contributed by atoms with Crippen molar-refractivity contribution in [2.45, 2.75) is 77.1 Å². The number of imide groups is 1. The molecule has 2 fully saturated rings. The van der Waals surface area contributed by atoms with Crippen LogP contribution >= 0.6 is 11.8 Å². The van der Waals surface area contributed by atoms with Crippen LogP contribution in [-0.4, -0.2) is 79.4 Å². The van der Waals surface area contributed by atoms with Crippen molar-refractivity contribution in [1.29, 1.82) is 0 Å². The Balaban J connectivity index is 0.930. The van der Waals surface area contributed by atoms with Crippen molar-refractivity contribution in [3.8, 4) is 22.6 Å². The van der Waals surface area contributed by atoms with Gasteiger partial charge in [0.25, 0.3) is 5.91 Å². The standard InChI is InChI=1S/C41H46F2N10O4S/c1-7-12-53(39(56)46-22-54)33-11-9-26(14-31(33)43)27-16-41(17-27)20-52(21-41)24(3)25-8-10-28(30(42)13-25)29-18-44-36(47-23(29)2)32-15-34(57-51-32)37(55)45-19-35-48-38(50-49-35)40(4,5)58-6/h8-11,13-15,18,22,24,27H,7,12,16-17,19-21H2,1-6H3,(H,45,55)(H,46,54,56)(H,48,49,50). The number of hydrogen-bond donors (Lipinski definition) is 3. The highest BCUT2D eigenvalue weighted by Crippen LogP contribution is 2.57. The zero-order valence-electron chi connectivity index (χ0n) is 33.2. The number of urea groups is 1. The molecule has 5 aromatic rings. The van der Waals surface area contributed by atoms with Crippen LogP contribution in [0.15, 0.2) is 53.2 Å². The van der Waals surface area contributed by atoms with Crippen LogP contribution in [0.5, 0.6) is 0 Å². The number of aromatic nitrogens is 6. The lowest BCUT2D eigenvalue weighted by atomic mass is 9.56. The Labute approximate surface area is 339 Å². The Kier molecular flexibility index (Phi) is 11.5. The summed E-state index contributed by atoms with van der Waals surface area (Å²) in [6.07, 6.45) is 6.27. The van der Waals surface area contributed by atoms with Crippen LogP contribution in [0.25, 0.3) is 22.6 Å². The van der Waals surface area contributed by atoms with E-state index in [1.165, 1.54) is 17.0 Å². The highest BCUT2D eigenvalue weighted by molar-refractivity contribution is 7.99. The monoisotopic (exact) mass is 812 g/mol. The number of hydrogen-bond acceptors (Lipinski definition) is 11. The Morgan fingerprint density at radius 1 is 1.12 bits per heavy atom. The third kappa shape index (κ3) is 8.09. The van der Waals surface area contributed by atoms with Crippen LogP contribution in [0.4, 0.5) is 19.3 Å². The molecule has 7 rings (SSSR count). The Hall–Kier alpha value is -5.55. The van der Waals surface area contributed by atoms with E-state index in [4.69, 9.17) is 4.52 Å². The van der Waals surface area contributed by atoms with E-state index >= 15 is 8.78 Å². The van der Waals surface area contributed by atoms with Crippen molar-refractivity contribution >= 4 is 35.8 Å². The van der Waals surface area contributed by atoms with Gasteiger partial charge < -0.3 is 9.84 Å². The molecule has 2 aromatic carbocycles. The smallest absolute Gasteiger partial charge is 0.328 e. The van der Waals surface area contributed by atoms with E-state index in [9.17, 15) is 14.4 Å². The molecule has 3 N–H and O–H groups in total. The van der Waals surface area contributed by atoms with Gasteiger partial charge in [-0.25, -0.2) is 28.5 Å². The van der Waals surface area contributed by atoms with Crippen LogP contribution in [0.2, 0.25) is 0 Å². The molecule has 1 spiro atoms. The topological polar surface area (TPSA) is 175 Å². The number of benzene rings is 2. The maximum absolute atomic E-state index is 15.7. The van der Waals surface area contributed by atoms with Crippen LogP contribution in [-0.2, 0) is 16.1 Å². The summed E-state index contributed by atoms with van der Waals surface area (Å²) in [6.45, 7) is 11.9. The summed E-state index contributed by atoms with van der Waals surface area (Å²) in [6, 6.07) is 11.0. The molecular weight excluding hydrogens is 767 g/mol. The first-order chi connectivity index (χ1) is 27.7. The van der Waals surface area contributed by atoms with Gasteiger partial charge in [0.15, 0.2) is 17.3 Å². The molecule has 4 heterocycles. The number of thioether (sulfide) groups is 1. The average Bonchev–Trinajstić information content (AvgIpc) is 3.87. The minimum atomic E-state index is -0.656. The molecule has 304 valence electrons. The summed E-state index contributed by atoms with van der Waals surface area (Å²) in [4.78, 5) is 52.9. The zero-order chi connectivity index (χ0) is 41.4. The first-order valence-electron chi connectivity index (χ1n) is 19.2. The molecule has 0 bridgehead atoms. The first-order valence-corrected chi connectivity index (χ1v) is 20.4. The zero-order valence-corrected chi connectivity index (χ0v) is 34.0. The van der Waals surface area contributed by atoms with Gasteiger partial charge in [0.05, 0.1) is 17.0 Å². The van der Waals surface area contributed by atoms with Gasteiger partial charge in [-0.15, -0.1) is 0 Å². The Morgan fingerprint density at radius 2 is 1.90 bits per heavy atom. The molecule has 1 saturated carbocycles. The number of rotatable bonds is 14. The molecular formula is C41H46F2N10O4S. The number of carbonyl (C=O) groups is 3. The van der Waals surface area contributed by atoms with Crippen molar-refractivity contribution in [3.05, 3.63) is 94.5 Å². The van der Waals surface area contributed by atoms with Gasteiger partial charge in [0, 0.05) is 54.8 Å². The third-order valence-corrected chi connectivity index (χ3v) is 12.5. The van der Waals surface area contributed by atoms with E-state index in [0.29, 0.717) is 41.3 Å². The van der Waals surface area contributed by atoms with E-state index < -0.39 is 17.8 Å². The second kappa shape index (κ2) is 16.4. The lowest BCUT2D eigenvalue weighted by molar-refractivity contribution is -0.108. The molecule has 1 atom stereocenters. The van der Waals surface area contributed by atoms with Gasteiger partial charge in [-0.3, -0.25) is 29.8 Å². The predicted octanol–water partition coefficient (Wildman–Crippen LogP) is 7.05. The predicted molar refractivity (Wildman–Crippen MR) is 215 cm³/mol. The minimum Gasteiger partial charge on any atom is -0.350 e. The van der Waals surface area contributed by atoms with Gasteiger partial charge in [0.1, 0.15) is 17.5 Å². The maximum Gasteiger partial charge on any atom is 0.328 e. The second-order valence-electron chi connectivity index (χ2n) is 15.6. The molecule has 4 amide bonds. The van der Waals surface area contributed by atoms with E-state index in [1.807, 2.05) is 39.2 Å². The van der Waals surface area contributed by atoms with E-state index in [-0.39, 0.29) is 64.0 Å². The lowest BCUT2D eigenvalue weighted by Gasteiger charge is -2.61. The summed E-state index contributed by atoms with van der Waals surface area (Å²) in [5, 5.41) is 15.9. The number of nitrogens with zero attached hydrogens (tertiary/aromatic N) is 7. The Bertz CT molecular complexity index is 2330. The number of aromatic amines is 1. The van der Waals surface area contributed by atoms with Gasteiger partial charge >= 0.3 is 6.03 Å². The molecule has 3 aromatic heterocycles. The number of carbonyl (C=O) groups excluding carboxylic acids is 3. The fraction of sp³-hybridized carbons (Fsp3) is 0.415. The largest absolute Gasteiger partial charge is 0.350 e. The van der Waals surface area contributed by atoms with Crippen LogP contribution in [0.3, 0.4) is 0 Å². The van der Waals surface area contributed by atoms with E-state index in [0.717, 1.165) is 37.1 Å². The van der Waals surface area contributed by atoms with Crippen molar-refractivity contribution < 1.29 is 27.7 Å². The SMILES string of the molecule is CCCN(C(=O)NC=O)c1ccc(C2CC3(C2)CN(C(C)c2ccc(-c4cnc(-c5cc(C(=O)NCc6nc(C(C)(C)SC)n[nH]6)on5)nc4C)c(F)c2)C3)cc1F.